The van der Waals surface area contributed by atoms with Crippen LogP contribution in [0.3, 0.4) is 0 Å². The average molecular weight is 363 g/mol. The number of ether oxygens (including phenoxy) is 2. The molecule has 0 saturated carbocycles. The molecule has 0 aromatic heterocycles. The molecule has 0 aliphatic carbocycles. The summed E-state index contributed by atoms with van der Waals surface area (Å²) in [4.78, 5) is 11.6. The van der Waals surface area contributed by atoms with E-state index in [1.807, 2.05) is 12.1 Å². The summed E-state index contributed by atoms with van der Waals surface area (Å²) in [6.07, 6.45) is 0.436. The number of para-hydroxylation sites is 1. The molecule has 7 heteroatoms. The Kier molecular flexibility index (Phi) is 6.97. The summed E-state index contributed by atoms with van der Waals surface area (Å²) in [7, 11) is -3.54. The van der Waals surface area contributed by atoms with Gasteiger partial charge in [0.05, 0.1) is 11.5 Å². The first-order valence-corrected chi connectivity index (χ1v) is 9.42. The molecule has 0 aliphatic heterocycles. The molecule has 2 rings (SSSR count). The van der Waals surface area contributed by atoms with Crippen molar-refractivity contribution in [1.82, 2.24) is 4.72 Å². The Bertz CT molecular complexity index is 790. The van der Waals surface area contributed by atoms with Crippen molar-refractivity contribution in [3.63, 3.8) is 0 Å². The van der Waals surface area contributed by atoms with Gasteiger partial charge in [0.15, 0.2) is 6.61 Å². The largest absolute Gasteiger partial charge is 0.482 e. The van der Waals surface area contributed by atoms with Crippen LogP contribution in [0.15, 0.2) is 59.5 Å². The number of esters is 1. The summed E-state index contributed by atoms with van der Waals surface area (Å²) in [5.41, 5.74) is 0.808. The number of hydrogen-bond donors (Lipinski definition) is 1. The molecule has 2 aromatic carbocycles. The second-order valence-electron chi connectivity index (χ2n) is 5.16. The fourth-order valence-corrected chi connectivity index (χ4v) is 3.25. The first-order valence-electron chi connectivity index (χ1n) is 7.94. The summed E-state index contributed by atoms with van der Waals surface area (Å²) in [5, 5.41) is 0. The summed E-state index contributed by atoms with van der Waals surface area (Å²) in [6, 6.07) is 15.4. The van der Waals surface area contributed by atoms with Gasteiger partial charge in [0.2, 0.25) is 10.0 Å². The Morgan fingerprint density at radius 2 is 1.72 bits per heavy atom. The van der Waals surface area contributed by atoms with Gasteiger partial charge >= 0.3 is 5.97 Å². The Morgan fingerprint density at radius 1 is 1.04 bits per heavy atom. The maximum Gasteiger partial charge on any atom is 0.344 e. The molecule has 0 atom stereocenters. The lowest BCUT2D eigenvalue weighted by molar-refractivity contribution is -0.145. The lowest BCUT2D eigenvalue weighted by atomic mass is 10.1. The summed E-state index contributed by atoms with van der Waals surface area (Å²) < 4.78 is 37.2. The average Bonchev–Trinajstić information content (AvgIpc) is 2.62. The van der Waals surface area contributed by atoms with Crippen molar-refractivity contribution in [2.45, 2.75) is 18.2 Å². The van der Waals surface area contributed by atoms with Crippen molar-refractivity contribution >= 4 is 16.0 Å². The van der Waals surface area contributed by atoms with Gasteiger partial charge in [-0.25, -0.2) is 17.9 Å². The Labute approximate surface area is 147 Å². The molecule has 25 heavy (non-hydrogen) atoms. The van der Waals surface area contributed by atoms with Crippen LogP contribution in [0.25, 0.3) is 0 Å². The van der Waals surface area contributed by atoms with Gasteiger partial charge in [-0.15, -0.1) is 0 Å². The molecule has 2 aromatic rings. The number of carbonyl (C=O) groups excluding carboxylic acids is 1. The molecule has 0 amide bonds. The van der Waals surface area contributed by atoms with Gasteiger partial charge in [-0.3, -0.25) is 0 Å². The van der Waals surface area contributed by atoms with Crippen LogP contribution < -0.4 is 9.46 Å². The molecular formula is C18H21NO5S. The summed E-state index contributed by atoms with van der Waals surface area (Å²) in [5.74, 6) is 0.0940. The molecule has 0 heterocycles. The van der Waals surface area contributed by atoms with E-state index in [0.29, 0.717) is 18.8 Å². The zero-order valence-electron chi connectivity index (χ0n) is 14.0. The highest BCUT2D eigenvalue weighted by Crippen LogP contribution is 2.18. The molecule has 134 valence electrons. The SMILES string of the molecule is CCOC(=O)COc1ccccc1CCNS(=O)(=O)c1ccccc1. The monoisotopic (exact) mass is 363 g/mol. The topological polar surface area (TPSA) is 81.7 Å². The maximum absolute atomic E-state index is 12.2. The fraction of sp³-hybridized carbons (Fsp3) is 0.278. The normalized spacial score (nSPS) is 11.1. The number of rotatable bonds is 9. The van der Waals surface area contributed by atoms with Gasteiger partial charge in [-0.2, -0.15) is 0 Å². The van der Waals surface area contributed by atoms with Crippen molar-refractivity contribution in [1.29, 1.82) is 0 Å². The van der Waals surface area contributed by atoms with Gasteiger partial charge in [0, 0.05) is 6.54 Å². The minimum atomic E-state index is -3.54. The van der Waals surface area contributed by atoms with E-state index in [4.69, 9.17) is 9.47 Å². The molecule has 0 aliphatic rings. The van der Waals surface area contributed by atoms with Crippen LogP contribution in [0.5, 0.6) is 5.75 Å². The van der Waals surface area contributed by atoms with Crippen LogP contribution in [-0.2, 0) is 26.0 Å². The minimum Gasteiger partial charge on any atom is -0.482 e. The number of hydrogen-bond acceptors (Lipinski definition) is 5. The molecule has 0 saturated heterocycles. The van der Waals surface area contributed by atoms with Crippen LogP contribution in [0.4, 0.5) is 0 Å². The Balaban J connectivity index is 1.94. The van der Waals surface area contributed by atoms with Gasteiger partial charge in [-0.1, -0.05) is 36.4 Å². The fourth-order valence-electron chi connectivity index (χ4n) is 2.19. The minimum absolute atomic E-state index is 0.180. The van der Waals surface area contributed by atoms with Crippen LogP contribution in [0.1, 0.15) is 12.5 Å². The number of benzene rings is 2. The summed E-state index contributed by atoms with van der Waals surface area (Å²) in [6.45, 7) is 2.06. The van der Waals surface area contributed by atoms with Crippen molar-refractivity contribution in [2.24, 2.45) is 0 Å². The molecule has 6 nitrogen and oxygen atoms in total. The zero-order chi connectivity index (χ0) is 18.1. The lowest BCUT2D eigenvalue weighted by Crippen LogP contribution is -2.26. The third-order valence-corrected chi connectivity index (χ3v) is 4.84. The van der Waals surface area contributed by atoms with Gasteiger partial charge in [-0.05, 0) is 37.1 Å². The first kappa shape index (κ1) is 19.0. The lowest BCUT2D eigenvalue weighted by Gasteiger charge is -2.11. The highest BCUT2D eigenvalue weighted by atomic mass is 32.2. The predicted octanol–water partition coefficient (Wildman–Crippen LogP) is 2.15. The van der Waals surface area contributed by atoms with E-state index in [9.17, 15) is 13.2 Å². The highest BCUT2D eigenvalue weighted by molar-refractivity contribution is 7.89. The van der Waals surface area contributed by atoms with Crippen molar-refractivity contribution in [3.8, 4) is 5.75 Å². The van der Waals surface area contributed by atoms with Crippen LogP contribution in [0, 0.1) is 0 Å². The molecule has 0 fully saturated rings. The number of sulfonamides is 1. The second-order valence-corrected chi connectivity index (χ2v) is 6.93. The molecule has 1 N–H and O–H groups in total. The first-order chi connectivity index (χ1) is 12.0. The number of carbonyl (C=O) groups is 1. The highest BCUT2D eigenvalue weighted by Gasteiger charge is 2.13. The van der Waals surface area contributed by atoms with E-state index < -0.39 is 16.0 Å². The van der Waals surface area contributed by atoms with Gasteiger partial charge in [0.1, 0.15) is 5.75 Å². The Morgan fingerprint density at radius 3 is 2.44 bits per heavy atom. The van der Waals surface area contributed by atoms with Crippen molar-refractivity contribution in [3.05, 3.63) is 60.2 Å². The number of nitrogens with one attached hydrogen (secondary N) is 1. The van der Waals surface area contributed by atoms with Crippen molar-refractivity contribution in [2.75, 3.05) is 19.8 Å². The van der Waals surface area contributed by atoms with E-state index >= 15 is 0 Å². The van der Waals surface area contributed by atoms with E-state index in [-0.39, 0.29) is 18.0 Å². The van der Waals surface area contributed by atoms with Crippen LogP contribution in [0.2, 0.25) is 0 Å². The molecular weight excluding hydrogens is 342 g/mol. The third kappa shape index (κ3) is 5.88. The Hall–Kier alpha value is -2.38. The molecule has 0 unspecified atom stereocenters. The van der Waals surface area contributed by atoms with E-state index in [2.05, 4.69) is 4.72 Å². The smallest absolute Gasteiger partial charge is 0.344 e. The molecule has 0 bridgehead atoms. The van der Waals surface area contributed by atoms with E-state index in [0.717, 1.165) is 5.56 Å². The van der Waals surface area contributed by atoms with Crippen LogP contribution >= 0.6 is 0 Å². The third-order valence-electron chi connectivity index (χ3n) is 3.36. The second kappa shape index (κ2) is 9.19. The standard InChI is InChI=1S/C18H21NO5S/c1-2-23-18(20)14-24-17-11-7-6-8-15(17)12-13-19-25(21,22)16-9-4-3-5-10-16/h3-11,19H,2,12-14H2,1H3. The van der Waals surface area contributed by atoms with E-state index in [1.54, 1.807) is 49.4 Å². The van der Waals surface area contributed by atoms with Crippen molar-refractivity contribution < 1.29 is 22.7 Å². The van der Waals surface area contributed by atoms with Crippen LogP contribution in [-0.4, -0.2) is 34.1 Å². The van der Waals surface area contributed by atoms with Gasteiger partial charge < -0.3 is 9.47 Å². The quantitative estimate of drug-likeness (QED) is 0.691. The zero-order valence-corrected chi connectivity index (χ0v) is 14.8. The maximum atomic E-state index is 12.2. The molecule has 0 radical (unpaired) electrons. The van der Waals surface area contributed by atoms with Gasteiger partial charge in [0.25, 0.3) is 0 Å². The summed E-state index contributed by atoms with van der Waals surface area (Å²) >= 11 is 0. The predicted molar refractivity (Wildman–Crippen MR) is 93.9 cm³/mol. The van der Waals surface area contributed by atoms with E-state index in [1.165, 1.54) is 0 Å². The molecule has 0 spiro atoms.